The Balaban J connectivity index is 1.61. The van der Waals surface area contributed by atoms with Crippen LogP contribution in [0.1, 0.15) is 51.5 Å². The fraction of sp³-hybridized carbons (Fsp3) is 0.214. The number of carbonyl (C=O) groups is 1. The van der Waals surface area contributed by atoms with Crippen molar-refractivity contribution in [1.29, 1.82) is 0 Å². The smallest absolute Gasteiger partial charge is 0.254 e. The average molecular weight is 423 g/mol. The van der Waals surface area contributed by atoms with Gasteiger partial charge >= 0.3 is 0 Å². The molecule has 1 N–H and O–H groups in total. The number of aromatic amines is 1. The molecule has 4 heteroatoms. The Bertz CT molecular complexity index is 1350. The molecule has 0 aliphatic heterocycles. The summed E-state index contributed by atoms with van der Waals surface area (Å²) in [4.78, 5) is 31.7. The Kier molecular flexibility index (Phi) is 5.36. The van der Waals surface area contributed by atoms with E-state index in [2.05, 4.69) is 23.2 Å². The van der Waals surface area contributed by atoms with Gasteiger partial charge in [0, 0.05) is 16.6 Å². The minimum atomic E-state index is -0.143. The summed E-state index contributed by atoms with van der Waals surface area (Å²) in [7, 11) is 0. The number of para-hydroxylation sites is 1. The molecule has 0 spiro atoms. The Morgan fingerprint density at radius 2 is 1.75 bits per heavy atom. The molecule has 0 saturated carbocycles. The lowest BCUT2D eigenvalue weighted by Gasteiger charge is -2.36. The van der Waals surface area contributed by atoms with Gasteiger partial charge in [-0.05, 0) is 66.5 Å². The molecule has 4 nitrogen and oxygen atoms in total. The molecule has 1 aliphatic carbocycles. The Hall–Kier alpha value is -3.66. The quantitative estimate of drug-likeness (QED) is 0.468. The summed E-state index contributed by atoms with van der Waals surface area (Å²) in [6.45, 7) is 2.23. The summed E-state index contributed by atoms with van der Waals surface area (Å²) in [6.07, 6.45) is 2.93. The minimum Gasteiger partial charge on any atom is -0.327 e. The highest BCUT2D eigenvalue weighted by Crippen LogP contribution is 2.36. The second kappa shape index (κ2) is 8.46. The van der Waals surface area contributed by atoms with E-state index in [1.54, 1.807) is 0 Å². The molecule has 1 aliphatic rings. The number of amides is 1. The summed E-state index contributed by atoms with van der Waals surface area (Å²) in [5.74, 6) is -0.0302. The minimum absolute atomic E-state index is 0.0302. The van der Waals surface area contributed by atoms with E-state index in [4.69, 9.17) is 0 Å². The Morgan fingerprint density at radius 1 is 1.00 bits per heavy atom. The first-order valence-corrected chi connectivity index (χ1v) is 11.2. The van der Waals surface area contributed by atoms with Crippen molar-refractivity contribution >= 4 is 16.8 Å². The van der Waals surface area contributed by atoms with Crippen LogP contribution in [-0.2, 0) is 13.0 Å². The lowest BCUT2D eigenvalue weighted by Crippen LogP contribution is -2.38. The normalized spacial score (nSPS) is 15.3. The molecule has 0 radical (unpaired) electrons. The predicted octanol–water partition coefficient (Wildman–Crippen LogP) is 5.56. The molecular weight excluding hydrogens is 396 g/mol. The highest BCUT2D eigenvalue weighted by Gasteiger charge is 2.31. The number of pyridine rings is 1. The van der Waals surface area contributed by atoms with Gasteiger partial charge in [0.05, 0.1) is 12.6 Å². The number of carbonyl (C=O) groups excluding carboxylic acids is 1. The van der Waals surface area contributed by atoms with Gasteiger partial charge in [-0.15, -0.1) is 0 Å². The van der Waals surface area contributed by atoms with Gasteiger partial charge in [0.15, 0.2) is 0 Å². The summed E-state index contributed by atoms with van der Waals surface area (Å²) < 4.78 is 0. The number of rotatable bonds is 4. The van der Waals surface area contributed by atoms with E-state index in [0.717, 1.165) is 35.7 Å². The van der Waals surface area contributed by atoms with E-state index in [1.165, 1.54) is 11.1 Å². The molecule has 0 saturated heterocycles. The first kappa shape index (κ1) is 20.3. The zero-order valence-corrected chi connectivity index (χ0v) is 18.2. The van der Waals surface area contributed by atoms with Crippen LogP contribution < -0.4 is 5.56 Å². The summed E-state index contributed by atoms with van der Waals surface area (Å²) in [6, 6.07) is 25.7. The molecule has 0 fully saturated rings. The van der Waals surface area contributed by atoms with Crippen molar-refractivity contribution in [1.82, 2.24) is 9.88 Å². The van der Waals surface area contributed by atoms with Crippen LogP contribution in [-0.4, -0.2) is 15.8 Å². The van der Waals surface area contributed by atoms with E-state index in [-0.39, 0.29) is 24.1 Å². The molecular formula is C28H26N2O2. The van der Waals surface area contributed by atoms with Crippen molar-refractivity contribution in [2.45, 2.75) is 38.8 Å². The number of nitrogens with zero attached hydrogens (tertiary/aromatic N) is 1. The molecule has 1 amide bonds. The lowest BCUT2D eigenvalue weighted by atomic mass is 9.86. The van der Waals surface area contributed by atoms with Crippen LogP contribution in [0, 0.1) is 6.92 Å². The molecule has 32 heavy (non-hydrogen) atoms. The van der Waals surface area contributed by atoms with Crippen LogP contribution in [0.4, 0.5) is 0 Å². The standard InChI is InChI=1S/C28H26N2O2/c1-19-9-2-5-13-23(19)28(32)30(26-16-8-12-20-10-3-6-14-24(20)26)18-22-17-21-11-4-7-15-25(21)29-27(22)31/h2-7,9-11,13-15,17,26H,8,12,16,18H2,1H3,(H,29,31). The van der Waals surface area contributed by atoms with Crippen molar-refractivity contribution in [2.75, 3.05) is 0 Å². The summed E-state index contributed by atoms with van der Waals surface area (Å²) in [5, 5.41) is 0.967. The fourth-order valence-electron chi connectivity index (χ4n) is 4.84. The average Bonchev–Trinajstić information content (AvgIpc) is 2.82. The number of nitrogens with one attached hydrogen (secondary N) is 1. The number of fused-ring (bicyclic) bond motifs is 2. The lowest BCUT2D eigenvalue weighted by molar-refractivity contribution is 0.0636. The highest BCUT2D eigenvalue weighted by molar-refractivity contribution is 5.96. The molecule has 1 heterocycles. The van der Waals surface area contributed by atoms with Crippen LogP contribution in [0.2, 0.25) is 0 Å². The maximum Gasteiger partial charge on any atom is 0.254 e. The van der Waals surface area contributed by atoms with Crippen LogP contribution in [0.5, 0.6) is 0 Å². The van der Waals surface area contributed by atoms with Gasteiger partial charge < -0.3 is 9.88 Å². The molecule has 0 bridgehead atoms. The molecule has 4 aromatic rings. The number of aromatic nitrogens is 1. The Morgan fingerprint density at radius 3 is 2.62 bits per heavy atom. The molecule has 3 aromatic carbocycles. The topological polar surface area (TPSA) is 53.2 Å². The van der Waals surface area contributed by atoms with Crippen LogP contribution in [0.15, 0.2) is 83.7 Å². The second-order valence-electron chi connectivity index (χ2n) is 8.57. The van der Waals surface area contributed by atoms with Crippen molar-refractivity contribution < 1.29 is 4.79 Å². The largest absolute Gasteiger partial charge is 0.327 e. The van der Waals surface area contributed by atoms with E-state index >= 15 is 0 Å². The molecule has 5 rings (SSSR count). The summed E-state index contributed by atoms with van der Waals surface area (Å²) in [5.41, 5.74) is 5.38. The van der Waals surface area contributed by atoms with Gasteiger partial charge in [-0.2, -0.15) is 0 Å². The number of aryl methyl sites for hydroxylation is 2. The van der Waals surface area contributed by atoms with Gasteiger partial charge in [0.2, 0.25) is 0 Å². The third kappa shape index (κ3) is 3.73. The van der Waals surface area contributed by atoms with Gasteiger partial charge in [0.1, 0.15) is 0 Å². The van der Waals surface area contributed by atoms with Gasteiger partial charge in [-0.3, -0.25) is 9.59 Å². The Labute approximate surface area is 187 Å². The number of hydrogen-bond acceptors (Lipinski definition) is 2. The van der Waals surface area contributed by atoms with Gasteiger partial charge in [0.25, 0.3) is 11.5 Å². The van der Waals surface area contributed by atoms with E-state index < -0.39 is 0 Å². The van der Waals surface area contributed by atoms with Crippen LogP contribution in [0.25, 0.3) is 10.9 Å². The van der Waals surface area contributed by atoms with Gasteiger partial charge in [-0.25, -0.2) is 0 Å². The number of H-pyrrole nitrogens is 1. The molecule has 1 unspecified atom stereocenters. The third-order valence-electron chi connectivity index (χ3n) is 6.52. The van der Waals surface area contributed by atoms with E-state index in [1.807, 2.05) is 72.5 Å². The van der Waals surface area contributed by atoms with E-state index in [9.17, 15) is 9.59 Å². The zero-order chi connectivity index (χ0) is 22.1. The number of benzene rings is 3. The highest BCUT2D eigenvalue weighted by atomic mass is 16.2. The zero-order valence-electron chi connectivity index (χ0n) is 18.2. The molecule has 1 aromatic heterocycles. The maximum atomic E-state index is 13.9. The number of hydrogen-bond donors (Lipinski definition) is 1. The first-order chi connectivity index (χ1) is 15.6. The van der Waals surface area contributed by atoms with Crippen molar-refractivity contribution in [3.05, 3.63) is 117 Å². The van der Waals surface area contributed by atoms with E-state index in [0.29, 0.717) is 11.1 Å². The monoisotopic (exact) mass is 422 g/mol. The predicted molar refractivity (Wildman–Crippen MR) is 128 cm³/mol. The second-order valence-corrected chi connectivity index (χ2v) is 8.57. The SMILES string of the molecule is Cc1ccccc1C(=O)N(Cc1cc2ccccc2[nH]c1=O)C1CCCc2ccccc21. The fourth-order valence-corrected chi connectivity index (χ4v) is 4.84. The van der Waals surface area contributed by atoms with Crippen molar-refractivity contribution in [3.8, 4) is 0 Å². The molecule has 160 valence electrons. The van der Waals surface area contributed by atoms with Crippen molar-refractivity contribution in [2.24, 2.45) is 0 Å². The first-order valence-electron chi connectivity index (χ1n) is 11.2. The maximum absolute atomic E-state index is 13.9. The van der Waals surface area contributed by atoms with Crippen molar-refractivity contribution in [3.63, 3.8) is 0 Å². The van der Waals surface area contributed by atoms with Crippen LogP contribution >= 0.6 is 0 Å². The summed E-state index contributed by atoms with van der Waals surface area (Å²) >= 11 is 0. The van der Waals surface area contributed by atoms with Crippen LogP contribution in [0.3, 0.4) is 0 Å². The molecule has 1 atom stereocenters. The van der Waals surface area contributed by atoms with Gasteiger partial charge in [-0.1, -0.05) is 60.7 Å². The third-order valence-corrected chi connectivity index (χ3v) is 6.52.